The Morgan fingerprint density at radius 3 is 2.73 bits per heavy atom. The lowest BCUT2D eigenvalue weighted by molar-refractivity contribution is -0.117. The van der Waals surface area contributed by atoms with Crippen molar-refractivity contribution in [2.24, 2.45) is 0 Å². The largest absolute Gasteiger partial charge is 0.311 e. The minimum atomic E-state index is 0.104. The summed E-state index contributed by atoms with van der Waals surface area (Å²) < 4.78 is 0. The number of carbonyl (C=O) groups is 1. The maximum atomic E-state index is 13.0. The van der Waals surface area contributed by atoms with Crippen molar-refractivity contribution in [1.29, 1.82) is 0 Å². The molecule has 0 unspecified atom stereocenters. The first-order valence-corrected chi connectivity index (χ1v) is 11.7. The van der Waals surface area contributed by atoms with Crippen LogP contribution in [0.15, 0.2) is 53.2 Å². The Balaban J connectivity index is 1.33. The minimum absolute atomic E-state index is 0.104. The number of nitrogens with zero attached hydrogens (tertiary/aromatic N) is 3. The van der Waals surface area contributed by atoms with Gasteiger partial charge >= 0.3 is 0 Å². The van der Waals surface area contributed by atoms with E-state index in [1.54, 1.807) is 22.7 Å². The second-order valence-electron chi connectivity index (χ2n) is 7.58. The molecule has 0 fully saturated rings. The van der Waals surface area contributed by atoms with Crippen molar-refractivity contribution in [3.63, 3.8) is 0 Å². The van der Waals surface area contributed by atoms with Crippen LogP contribution in [-0.4, -0.2) is 22.4 Å². The zero-order valence-corrected chi connectivity index (χ0v) is 18.5. The van der Waals surface area contributed by atoms with Crippen LogP contribution in [0.2, 0.25) is 0 Å². The number of aryl methyl sites for hydroxylation is 2. The van der Waals surface area contributed by atoms with E-state index in [2.05, 4.69) is 53.7 Å². The lowest BCUT2D eigenvalue weighted by atomic mass is 10.1. The Morgan fingerprint density at radius 1 is 1.03 bits per heavy atom. The summed E-state index contributed by atoms with van der Waals surface area (Å²) in [7, 11) is 0. The number of thiazole rings is 2. The molecule has 150 valence electrons. The van der Waals surface area contributed by atoms with Crippen molar-refractivity contribution in [3.05, 3.63) is 75.1 Å². The zero-order chi connectivity index (χ0) is 20.7. The monoisotopic (exact) mass is 431 g/mol. The summed E-state index contributed by atoms with van der Waals surface area (Å²) >= 11 is 3.25. The molecule has 0 saturated carbocycles. The maximum absolute atomic E-state index is 13.0. The number of benzene rings is 2. The molecule has 4 nitrogen and oxygen atoms in total. The van der Waals surface area contributed by atoms with Gasteiger partial charge in [0.25, 0.3) is 0 Å². The molecule has 0 N–H and O–H groups in total. The second-order valence-corrected chi connectivity index (χ2v) is 9.50. The van der Waals surface area contributed by atoms with Crippen molar-refractivity contribution in [2.45, 2.75) is 26.7 Å². The lowest BCUT2D eigenvalue weighted by Gasteiger charge is -2.17. The van der Waals surface area contributed by atoms with Crippen LogP contribution in [0.5, 0.6) is 0 Å². The van der Waals surface area contributed by atoms with Gasteiger partial charge < -0.3 is 4.90 Å². The van der Waals surface area contributed by atoms with E-state index in [0.717, 1.165) is 51.2 Å². The van der Waals surface area contributed by atoms with Gasteiger partial charge in [-0.05, 0) is 44.0 Å². The molecule has 0 aliphatic carbocycles. The third-order valence-electron chi connectivity index (χ3n) is 5.34. The molecule has 2 aromatic heterocycles. The third kappa shape index (κ3) is 3.68. The van der Waals surface area contributed by atoms with Crippen LogP contribution in [-0.2, 0) is 17.6 Å². The summed E-state index contributed by atoms with van der Waals surface area (Å²) in [6, 6.07) is 14.6. The summed E-state index contributed by atoms with van der Waals surface area (Å²) in [6.45, 7) is 4.82. The van der Waals surface area contributed by atoms with Gasteiger partial charge in [-0.1, -0.05) is 29.8 Å². The molecule has 6 heteroatoms. The second kappa shape index (κ2) is 7.78. The van der Waals surface area contributed by atoms with Gasteiger partial charge in [0.2, 0.25) is 5.91 Å². The van der Waals surface area contributed by atoms with E-state index in [0.29, 0.717) is 6.42 Å². The Hall–Kier alpha value is -2.83. The fourth-order valence-electron chi connectivity index (χ4n) is 3.87. The van der Waals surface area contributed by atoms with E-state index in [-0.39, 0.29) is 5.91 Å². The minimum Gasteiger partial charge on any atom is -0.311 e. The first-order valence-electron chi connectivity index (χ1n) is 9.94. The van der Waals surface area contributed by atoms with Crippen molar-refractivity contribution < 1.29 is 4.79 Å². The number of fused-ring (bicyclic) bond motifs is 1. The van der Waals surface area contributed by atoms with Crippen molar-refractivity contribution in [2.75, 3.05) is 11.4 Å². The highest BCUT2D eigenvalue weighted by atomic mass is 32.1. The van der Waals surface area contributed by atoms with E-state index in [9.17, 15) is 4.79 Å². The van der Waals surface area contributed by atoms with E-state index in [1.165, 1.54) is 11.1 Å². The molecule has 0 radical (unpaired) electrons. The molecule has 30 heavy (non-hydrogen) atoms. The molecular formula is C24H21N3OS2. The molecule has 0 atom stereocenters. The molecule has 1 aliphatic heterocycles. The van der Waals surface area contributed by atoms with Crippen LogP contribution >= 0.6 is 22.7 Å². The third-order valence-corrected chi connectivity index (χ3v) is 7.05. The number of aromatic nitrogens is 2. The van der Waals surface area contributed by atoms with Gasteiger partial charge in [-0.2, -0.15) is 0 Å². The van der Waals surface area contributed by atoms with E-state index < -0.39 is 0 Å². The van der Waals surface area contributed by atoms with Crippen molar-refractivity contribution in [1.82, 2.24) is 9.97 Å². The molecule has 1 aliphatic rings. The molecule has 3 heterocycles. The van der Waals surface area contributed by atoms with E-state index in [4.69, 9.17) is 4.98 Å². The Labute approximate surface area is 183 Å². The summed E-state index contributed by atoms with van der Waals surface area (Å²) in [4.78, 5) is 24.2. The van der Waals surface area contributed by atoms with Gasteiger partial charge in [0.15, 0.2) is 0 Å². The van der Waals surface area contributed by atoms with Gasteiger partial charge in [0.05, 0.1) is 22.8 Å². The quantitative estimate of drug-likeness (QED) is 0.417. The average Bonchev–Trinajstić information content (AvgIpc) is 3.47. The molecule has 0 spiro atoms. The highest BCUT2D eigenvalue weighted by molar-refractivity contribution is 7.13. The zero-order valence-electron chi connectivity index (χ0n) is 16.9. The SMILES string of the molecule is Cc1cccc(-c2nc(CC(=O)N3CCc4cc(-c5csc(C)n5)ccc43)cs2)c1. The van der Waals surface area contributed by atoms with Crippen LogP contribution in [0.1, 0.15) is 21.8 Å². The van der Waals surface area contributed by atoms with E-state index in [1.807, 2.05) is 23.3 Å². The molecule has 0 saturated heterocycles. The number of carbonyl (C=O) groups excluding carboxylic acids is 1. The Bertz CT molecular complexity index is 1240. The highest BCUT2D eigenvalue weighted by Crippen LogP contribution is 2.33. The highest BCUT2D eigenvalue weighted by Gasteiger charge is 2.25. The van der Waals surface area contributed by atoms with Gasteiger partial charge in [-0.15, -0.1) is 22.7 Å². The lowest BCUT2D eigenvalue weighted by Crippen LogP contribution is -2.30. The molecule has 0 bridgehead atoms. The van der Waals surface area contributed by atoms with Crippen LogP contribution in [0.4, 0.5) is 5.69 Å². The van der Waals surface area contributed by atoms with Crippen molar-refractivity contribution >= 4 is 34.3 Å². The topological polar surface area (TPSA) is 46.1 Å². The van der Waals surface area contributed by atoms with Crippen LogP contribution in [0.3, 0.4) is 0 Å². The number of hydrogen-bond donors (Lipinski definition) is 0. The standard InChI is InChI=1S/C24H21N3OS2/c1-15-4-3-5-19(10-15)24-26-20(13-30-24)12-23(28)27-9-8-18-11-17(6-7-22(18)27)21-14-29-16(2)25-21/h3-7,10-11,13-14H,8-9,12H2,1-2H3. The number of hydrogen-bond acceptors (Lipinski definition) is 5. The Morgan fingerprint density at radius 2 is 1.93 bits per heavy atom. The predicted octanol–water partition coefficient (Wildman–Crippen LogP) is 5.68. The maximum Gasteiger partial charge on any atom is 0.233 e. The van der Waals surface area contributed by atoms with Gasteiger partial charge in [0.1, 0.15) is 5.01 Å². The van der Waals surface area contributed by atoms with Crippen LogP contribution < -0.4 is 4.90 Å². The first kappa shape index (κ1) is 19.2. The van der Waals surface area contributed by atoms with E-state index >= 15 is 0 Å². The van der Waals surface area contributed by atoms with Crippen molar-refractivity contribution in [3.8, 4) is 21.8 Å². The summed E-state index contributed by atoms with van der Waals surface area (Å²) in [5.41, 5.74) is 7.52. The summed E-state index contributed by atoms with van der Waals surface area (Å²) in [6.07, 6.45) is 1.21. The first-order chi connectivity index (χ1) is 14.6. The number of anilines is 1. The molecule has 2 aromatic carbocycles. The predicted molar refractivity (Wildman–Crippen MR) is 124 cm³/mol. The summed E-state index contributed by atoms with van der Waals surface area (Å²) in [5, 5.41) is 6.12. The molecular weight excluding hydrogens is 410 g/mol. The average molecular weight is 432 g/mol. The smallest absolute Gasteiger partial charge is 0.233 e. The molecule has 5 rings (SSSR count). The van der Waals surface area contributed by atoms with Crippen LogP contribution in [0.25, 0.3) is 21.8 Å². The van der Waals surface area contributed by atoms with Gasteiger partial charge in [0, 0.05) is 34.1 Å². The Kier molecular flexibility index (Phi) is 4.97. The fourth-order valence-corrected chi connectivity index (χ4v) is 5.30. The van der Waals surface area contributed by atoms with Gasteiger partial charge in [-0.3, -0.25) is 4.79 Å². The molecule has 1 amide bonds. The molecule has 4 aromatic rings. The van der Waals surface area contributed by atoms with Crippen LogP contribution in [0, 0.1) is 13.8 Å². The summed E-state index contributed by atoms with van der Waals surface area (Å²) in [5.74, 6) is 0.104. The normalized spacial score (nSPS) is 12.9. The number of rotatable bonds is 4. The van der Waals surface area contributed by atoms with Gasteiger partial charge in [-0.25, -0.2) is 9.97 Å². The fraction of sp³-hybridized carbons (Fsp3) is 0.208. The number of amides is 1.